The molecule has 1 amide bonds. The second-order valence-electron chi connectivity index (χ2n) is 6.57. The molecule has 2 heterocycles. The highest BCUT2D eigenvalue weighted by molar-refractivity contribution is 7.92. The molecule has 0 spiro atoms. The number of halogens is 2. The van der Waals surface area contributed by atoms with Crippen LogP contribution in [0.4, 0.5) is 14.5 Å². The van der Waals surface area contributed by atoms with E-state index < -0.39 is 25.9 Å². The van der Waals surface area contributed by atoms with E-state index in [0.717, 1.165) is 34.7 Å². The summed E-state index contributed by atoms with van der Waals surface area (Å²) in [5.74, 6) is -0.417. The lowest BCUT2D eigenvalue weighted by molar-refractivity contribution is 0.0955. The van der Waals surface area contributed by atoms with E-state index in [-0.39, 0.29) is 6.54 Å². The van der Waals surface area contributed by atoms with E-state index in [0.29, 0.717) is 33.3 Å². The van der Waals surface area contributed by atoms with Gasteiger partial charge in [0, 0.05) is 18.9 Å². The number of nitrogens with zero attached hydrogens (tertiary/aromatic N) is 2. The molecular weight excluding hydrogens is 422 g/mol. The first-order chi connectivity index (χ1) is 13.4. The summed E-state index contributed by atoms with van der Waals surface area (Å²) in [6.45, 7) is 4.06. The van der Waals surface area contributed by atoms with Crippen LogP contribution >= 0.6 is 11.3 Å². The first-order valence-corrected chi connectivity index (χ1v) is 10.7. The molecule has 0 aliphatic heterocycles. The fourth-order valence-corrected chi connectivity index (χ4v) is 4.59. The third-order valence-electron chi connectivity index (χ3n) is 4.50. The summed E-state index contributed by atoms with van der Waals surface area (Å²) >= 11 is 1.13. The highest BCUT2D eigenvalue weighted by Crippen LogP contribution is 2.34. The molecule has 0 unspecified atom stereocenters. The van der Waals surface area contributed by atoms with Gasteiger partial charge in [0.1, 0.15) is 9.71 Å². The largest absolute Gasteiger partial charge is 0.397 e. The second kappa shape index (κ2) is 7.30. The first-order valence-electron chi connectivity index (χ1n) is 8.45. The number of carbonyl (C=O) groups excluding carboxylic acids is 1. The fraction of sp³-hybridized carbons (Fsp3) is 0.278. The van der Waals surface area contributed by atoms with Gasteiger partial charge in [0.15, 0.2) is 0 Å². The highest BCUT2D eigenvalue weighted by atomic mass is 32.2. The summed E-state index contributed by atoms with van der Waals surface area (Å²) in [5.41, 5.74) is 8.58. The minimum Gasteiger partial charge on any atom is -0.397 e. The van der Waals surface area contributed by atoms with Crippen LogP contribution in [0.2, 0.25) is 0 Å². The SMILES string of the molecule is Cc1nnc2sc(C(=O)NCc3ccc(S(=O)(=O)C(C)(F)F)cc3)c(N)c2c1C. The summed E-state index contributed by atoms with van der Waals surface area (Å²) in [7, 11) is -4.74. The van der Waals surface area contributed by atoms with Crippen LogP contribution in [-0.4, -0.2) is 29.8 Å². The average Bonchev–Trinajstić information content (AvgIpc) is 2.99. The van der Waals surface area contributed by atoms with Crippen LogP contribution < -0.4 is 11.1 Å². The van der Waals surface area contributed by atoms with Gasteiger partial charge in [-0.25, -0.2) is 8.42 Å². The molecule has 154 valence electrons. The Hall–Kier alpha value is -2.66. The molecule has 0 saturated carbocycles. The summed E-state index contributed by atoms with van der Waals surface area (Å²) in [6, 6.07) is 4.91. The molecule has 0 saturated heterocycles. The van der Waals surface area contributed by atoms with Crippen LogP contribution in [-0.2, 0) is 16.4 Å². The van der Waals surface area contributed by atoms with Gasteiger partial charge in [0.25, 0.3) is 5.91 Å². The molecule has 1 aromatic carbocycles. The number of thiophene rings is 1. The average molecular weight is 440 g/mol. The molecule has 0 aliphatic rings. The van der Waals surface area contributed by atoms with Crippen molar-refractivity contribution in [2.24, 2.45) is 0 Å². The molecule has 29 heavy (non-hydrogen) atoms. The number of aromatic nitrogens is 2. The Labute approximate surface area is 169 Å². The van der Waals surface area contributed by atoms with E-state index in [1.54, 1.807) is 6.92 Å². The zero-order valence-electron chi connectivity index (χ0n) is 15.8. The number of hydrogen-bond acceptors (Lipinski definition) is 7. The molecule has 0 fully saturated rings. The van der Waals surface area contributed by atoms with Crippen molar-refractivity contribution >= 4 is 43.0 Å². The first kappa shape index (κ1) is 21.1. The molecule has 0 radical (unpaired) electrons. The van der Waals surface area contributed by atoms with E-state index in [1.165, 1.54) is 12.1 Å². The number of nitrogens with two attached hydrogens (primary N) is 1. The minimum absolute atomic E-state index is 0.0685. The van der Waals surface area contributed by atoms with Gasteiger partial charge in [-0.05, 0) is 37.1 Å². The van der Waals surface area contributed by atoms with E-state index in [9.17, 15) is 22.0 Å². The van der Waals surface area contributed by atoms with Gasteiger partial charge in [-0.1, -0.05) is 12.1 Å². The number of nitrogens with one attached hydrogen (secondary N) is 1. The predicted molar refractivity (Wildman–Crippen MR) is 107 cm³/mol. The number of benzene rings is 1. The number of sulfone groups is 1. The van der Waals surface area contributed by atoms with Crippen molar-refractivity contribution in [2.45, 2.75) is 37.5 Å². The number of amides is 1. The van der Waals surface area contributed by atoms with Gasteiger partial charge in [-0.3, -0.25) is 4.79 Å². The summed E-state index contributed by atoms with van der Waals surface area (Å²) < 4.78 is 50.0. The number of nitrogen functional groups attached to an aromatic ring is 1. The summed E-state index contributed by atoms with van der Waals surface area (Å²) in [6.07, 6.45) is 0. The Morgan fingerprint density at radius 1 is 1.21 bits per heavy atom. The van der Waals surface area contributed by atoms with Gasteiger partial charge in [0.2, 0.25) is 9.84 Å². The van der Waals surface area contributed by atoms with Gasteiger partial charge >= 0.3 is 5.25 Å². The van der Waals surface area contributed by atoms with Crippen LogP contribution in [0.15, 0.2) is 29.2 Å². The summed E-state index contributed by atoms with van der Waals surface area (Å²) in [5, 5.41) is 7.60. The molecule has 3 N–H and O–H groups in total. The molecule has 3 rings (SSSR count). The Morgan fingerprint density at radius 2 is 1.83 bits per heavy atom. The van der Waals surface area contributed by atoms with Crippen molar-refractivity contribution in [3.63, 3.8) is 0 Å². The number of fused-ring (bicyclic) bond motifs is 1. The fourth-order valence-electron chi connectivity index (χ4n) is 2.67. The number of rotatable bonds is 5. The molecule has 2 aromatic heterocycles. The lowest BCUT2D eigenvalue weighted by atomic mass is 10.1. The van der Waals surface area contributed by atoms with Crippen LogP contribution in [0.5, 0.6) is 0 Å². The van der Waals surface area contributed by atoms with Crippen LogP contribution in [0.25, 0.3) is 10.2 Å². The molecule has 3 aromatic rings. The number of aryl methyl sites for hydroxylation is 2. The Morgan fingerprint density at radius 3 is 2.41 bits per heavy atom. The van der Waals surface area contributed by atoms with Gasteiger partial charge < -0.3 is 11.1 Å². The molecule has 0 aliphatic carbocycles. The van der Waals surface area contributed by atoms with Crippen molar-refractivity contribution in [1.29, 1.82) is 0 Å². The van der Waals surface area contributed by atoms with Gasteiger partial charge in [-0.2, -0.15) is 13.9 Å². The number of alkyl halides is 2. The number of hydrogen-bond donors (Lipinski definition) is 2. The van der Waals surface area contributed by atoms with E-state index in [1.807, 2.05) is 6.92 Å². The number of carbonyl (C=O) groups is 1. The Balaban J connectivity index is 1.77. The van der Waals surface area contributed by atoms with Crippen molar-refractivity contribution in [2.75, 3.05) is 5.73 Å². The standard InChI is InChI=1S/C18H18F2N4O3S2/c1-9-10(2)23-24-17-13(9)14(21)15(28-17)16(25)22-8-11-4-6-12(7-5-11)29(26,27)18(3,19)20/h4-7H,8,21H2,1-3H3,(H,22,25). The van der Waals surface area contributed by atoms with Gasteiger partial charge in [0.05, 0.1) is 16.3 Å². The van der Waals surface area contributed by atoms with E-state index in [4.69, 9.17) is 5.73 Å². The maximum Gasteiger partial charge on any atom is 0.347 e. The van der Waals surface area contributed by atoms with Crippen molar-refractivity contribution < 1.29 is 22.0 Å². The maximum absolute atomic E-state index is 13.2. The highest BCUT2D eigenvalue weighted by Gasteiger charge is 2.40. The molecule has 0 bridgehead atoms. The third kappa shape index (κ3) is 3.79. The molecule has 0 atom stereocenters. The molecule has 11 heteroatoms. The normalized spacial score (nSPS) is 12.3. The minimum atomic E-state index is -4.74. The zero-order chi connectivity index (χ0) is 21.6. The quantitative estimate of drug-likeness (QED) is 0.630. The zero-order valence-corrected chi connectivity index (χ0v) is 17.4. The lowest BCUT2D eigenvalue weighted by Gasteiger charge is -2.12. The topological polar surface area (TPSA) is 115 Å². The van der Waals surface area contributed by atoms with E-state index >= 15 is 0 Å². The second-order valence-corrected chi connectivity index (χ2v) is 9.77. The molecular formula is C18H18F2N4O3S2. The molecule has 7 nitrogen and oxygen atoms in total. The number of anilines is 1. The Bertz CT molecular complexity index is 1200. The Kier molecular flexibility index (Phi) is 5.30. The van der Waals surface area contributed by atoms with E-state index in [2.05, 4.69) is 15.5 Å². The van der Waals surface area contributed by atoms with Crippen molar-refractivity contribution in [3.8, 4) is 0 Å². The van der Waals surface area contributed by atoms with Crippen LogP contribution in [0, 0.1) is 13.8 Å². The smallest absolute Gasteiger partial charge is 0.347 e. The van der Waals surface area contributed by atoms with Crippen molar-refractivity contribution in [1.82, 2.24) is 15.5 Å². The van der Waals surface area contributed by atoms with Crippen LogP contribution in [0.1, 0.15) is 33.4 Å². The van der Waals surface area contributed by atoms with Gasteiger partial charge in [-0.15, -0.1) is 16.4 Å². The lowest BCUT2D eigenvalue weighted by Crippen LogP contribution is -2.25. The summed E-state index contributed by atoms with van der Waals surface area (Å²) in [4.78, 5) is 12.9. The predicted octanol–water partition coefficient (Wildman–Crippen LogP) is 3.21. The third-order valence-corrected chi connectivity index (χ3v) is 7.42. The monoisotopic (exact) mass is 440 g/mol. The van der Waals surface area contributed by atoms with Crippen molar-refractivity contribution in [3.05, 3.63) is 46.0 Å². The maximum atomic E-state index is 13.2. The van der Waals surface area contributed by atoms with Crippen LogP contribution in [0.3, 0.4) is 0 Å².